The third-order valence-corrected chi connectivity index (χ3v) is 8.43. The van der Waals surface area contributed by atoms with E-state index in [0.717, 1.165) is 13.1 Å². The molecule has 4 aliphatic rings. The van der Waals surface area contributed by atoms with Crippen LogP contribution in [0.3, 0.4) is 0 Å². The number of likely N-dealkylation sites (tertiary alicyclic amines) is 3. The van der Waals surface area contributed by atoms with E-state index in [-0.39, 0.29) is 55.1 Å². The second kappa shape index (κ2) is 21.2. The fourth-order valence-corrected chi connectivity index (χ4v) is 6.30. The van der Waals surface area contributed by atoms with Gasteiger partial charge in [0.05, 0.1) is 19.2 Å². The maximum absolute atomic E-state index is 13.2. The van der Waals surface area contributed by atoms with Gasteiger partial charge in [0.25, 0.3) is 11.8 Å². The molecule has 0 spiro atoms. The smallest absolute Gasteiger partial charge is 0.264 e. The molecule has 0 N–H and O–H groups in total. The summed E-state index contributed by atoms with van der Waals surface area (Å²) in [6, 6.07) is 2.30. The fraction of sp³-hybridized carbons (Fsp3) is 0.932. The molecule has 1 aliphatic carbocycles. The van der Waals surface area contributed by atoms with Gasteiger partial charge in [0, 0.05) is 51.0 Å². The molecular formula is C44H86F4N4. The Morgan fingerprint density at radius 2 is 1.13 bits per heavy atom. The summed E-state index contributed by atoms with van der Waals surface area (Å²) >= 11 is 0. The number of piperidine rings is 1. The monoisotopic (exact) mass is 747 g/mol. The van der Waals surface area contributed by atoms with Crippen LogP contribution in [0.4, 0.5) is 17.6 Å². The highest BCUT2D eigenvalue weighted by Crippen LogP contribution is 2.53. The summed E-state index contributed by atoms with van der Waals surface area (Å²) in [7, 11) is 0. The van der Waals surface area contributed by atoms with Crippen LogP contribution in [0.25, 0.3) is 0 Å². The van der Waals surface area contributed by atoms with Crippen LogP contribution < -0.4 is 0 Å². The van der Waals surface area contributed by atoms with Crippen LogP contribution in [0, 0.1) is 44.3 Å². The quantitative estimate of drug-likeness (QED) is 0.212. The van der Waals surface area contributed by atoms with Crippen LogP contribution in [0.2, 0.25) is 0 Å². The van der Waals surface area contributed by atoms with Gasteiger partial charge in [-0.1, -0.05) is 123 Å². The van der Waals surface area contributed by atoms with Crippen LogP contribution in [-0.4, -0.2) is 84.9 Å². The summed E-state index contributed by atoms with van der Waals surface area (Å²) < 4.78 is 51.8. The average molecular weight is 747 g/mol. The number of allylic oxidation sites excluding steroid dienone is 2. The first-order valence-corrected chi connectivity index (χ1v) is 19.6. The fourth-order valence-electron chi connectivity index (χ4n) is 6.30. The first-order valence-electron chi connectivity index (χ1n) is 19.6. The van der Waals surface area contributed by atoms with E-state index >= 15 is 0 Å². The molecule has 2 atom stereocenters. The Bertz CT molecular complexity index is 1050. The van der Waals surface area contributed by atoms with E-state index in [1.165, 1.54) is 44.5 Å². The maximum atomic E-state index is 13.2. The lowest BCUT2D eigenvalue weighted by Crippen LogP contribution is -2.36. The van der Waals surface area contributed by atoms with Crippen molar-refractivity contribution in [2.45, 2.75) is 182 Å². The summed E-state index contributed by atoms with van der Waals surface area (Å²) in [4.78, 5) is 6.38. The van der Waals surface area contributed by atoms with Crippen LogP contribution >= 0.6 is 0 Å². The summed E-state index contributed by atoms with van der Waals surface area (Å²) in [6.45, 7) is 42.6. The molecule has 3 heterocycles. The average Bonchev–Trinajstić information content (AvgIpc) is 3.32. The van der Waals surface area contributed by atoms with Crippen molar-refractivity contribution >= 4 is 0 Å². The van der Waals surface area contributed by atoms with Crippen molar-refractivity contribution in [3.05, 3.63) is 11.6 Å². The van der Waals surface area contributed by atoms with Crippen molar-refractivity contribution in [3.8, 4) is 6.07 Å². The molecule has 4 nitrogen and oxygen atoms in total. The van der Waals surface area contributed by atoms with Crippen LogP contribution in [-0.2, 0) is 0 Å². The summed E-state index contributed by atoms with van der Waals surface area (Å²) in [6.07, 6.45) is 7.70. The molecule has 0 amide bonds. The van der Waals surface area contributed by atoms with Crippen molar-refractivity contribution in [2.24, 2.45) is 33.0 Å². The van der Waals surface area contributed by atoms with Crippen molar-refractivity contribution in [1.82, 2.24) is 14.7 Å². The molecule has 1 saturated carbocycles. The number of halogens is 4. The topological polar surface area (TPSA) is 33.5 Å². The normalized spacial score (nSPS) is 22.7. The van der Waals surface area contributed by atoms with E-state index in [0.29, 0.717) is 30.2 Å². The lowest BCUT2D eigenvalue weighted by Gasteiger charge is -2.28. The summed E-state index contributed by atoms with van der Waals surface area (Å²) in [5, 5.41) is 8.15. The number of hydrogen-bond acceptors (Lipinski definition) is 4. The Morgan fingerprint density at radius 3 is 1.38 bits per heavy atom. The molecule has 4 rings (SSSR count). The van der Waals surface area contributed by atoms with E-state index < -0.39 is 11.8 Å². The van der Waals surface area contributed by atoms with Gasteiger partial charge in [-0.3, -0.25) is 9.80 Å². The van der Waals surface area contributed by atoms with Gasteiger partial charge >= 0.3 is 0 Å². The molecule has 52 heavy (non-hydrogen) atoms. The van der Waals surface area contributed by atoms with E-state index in [4.69, 9.17) is 5.26 Å². The molecule has 0 aromatic heterocycles. The molecular weight excluding hydrogens is 661 g/mol. The lowest BCUT2D eigenvalue weighted by molar-refractivity contribution is -0.0196. The van der Waals surface area contributed by atoms with Gasteiger partial charge in [-0.25, -0.2) is 17.6 Å². The number of nitrogens with zero attached hydrogens (tertiary/aromatic N) is 4. The Hall–Kier alpha value is -1.17. The van der Waals surface area contributed by atoms with Crippen LogP contribution in [0.1, 0.15) is 164 Å². The predicted octanol–water partition coefficient (Wildman–Crippen LogP) is 12.8. The maximum Gasteiger partial charge on any atom is 0.264 e. The minimum absolute atomic E-state index is 0. The number of alkyl halides is 4. The molecule has 2 unspecified atom stereocenters. The van der Waals surface area contributed by atoms with Crippen molar-refractivity contribution in [1.29, 1.82) is 5.26 Å². The predicted molar refractivity (Wildman–Crippen MR) is 218 cm³/mol. The van der Waals surface area contributed by atoms with Crippen LogP contribution in [0.5, 0.6) is 0 Å². The molecule has 4 fully saturated rings. The van der Waals surface area contributed by atoms with Gasteiger partial charge in [0.1, 0.15) is 0 Å². The van der Waals surface area contributed by atoms with Crippen LogP contribution in [0.15, 0.2) is 11.6 Å². The highest BCUT2D eigenvalue weighted by atomic mass is 19.3. The molecule has 3 aliphatic heterocycles. The van der Waals surface area contributed by atoms with E-state index in [1.54, 1.807) is 0 Å². The minimum atomic E-state index is -2.44. The van der Waals surface area contributed by atoms with E-state index in [9.17, 15) is 17.6 Å². The largest absolute Gasteiger partial charge is 0.303 e. The van der Waals surface area contributed by atoms with E-state index in [2.05, 4.69) is 135 Å². The van der Waals surface area contributed by atoms with Gasteiger partial charge in [0.15, 0.2) is 0 Å². The molecule has 310 valence electrons. The first kappa shape index (κ1) is 52.9. The Kier molecular flexibility index (Phi) is 21.6. The highest BCUT2D eigenvalue weighted by molar-refractivity contribution is 5.10. The molecule has 0 aromatic rings. The van der Waals surface area contributed by atoms with Gasteiger partial charge in [0.2, 0.25) is 0 Å². The molecule has 0 radical (unpaired) electrons. The molecule has 3 saturated heterocycles. The first-order chi connectivity index (χ1) is 22.6. The zero-order valence-electron chi connectivity index (χ0n) is 36.4. The van der Waals surface area contributed by atoms with Crippen molar-refractivity contribution < 1.29 is 17.6 Å². The standard InChI is InChI=1S/C10H17F2N.C9H17F2N.C9H19N.C9H18.C6H11N.CH4/c1-9(2,3)5-13-6-10(11,12)7-4-8(7)13;1-8(2,3)6-12-5-4-9(10,11)7-12;1-9(2,3)8-10-6-4-5-7-10;1-8(2)6-7-9(3,4)5;1-6(2,3)4-5-7;/h7-8H,4-6H2,1-3H3;4-7H2,1-3H3;4-8H2,1-3H3;6H,7H2,1-5H3;4H2,1-3H3;1H4. The minimum Gasteiger partial charge on any atom is -0.303 e. The third kappa shape index (κ3) is 28.3. The Balaban J connectivity index is 0. The van der Waals surface area contributed by atoms with Gasteiger partial charge < -0.3 is 4.90 Å². The summed E-state index contributed by atoms with van der Waals surface area (Å²) in [5.41, 5.74) is 2.81. The Morgan fingerprint density at radius 1 is 0.673 bits per heavy atom. The van der Waals surface area contributed by atoms with Crippen molar-refractivity contribution in [3.63, 3.8) is 0 Å². The van der Waals surface area contributed by atoms with Gasteiger partial charge in [-0.05, 0) is 79.7 Å². The van der Waals surface area contributed by atoms with Gasteiger partial charge in [-0.15, -0.1) is 0 Å². The number of rotatable bonds is 4. The second-order valence-corrected chi connectivity index (χ2v) is 22.0. The molecule has 0 aromatic carbocycles. The van der Waals surface area contributed by atoms with Gasteiger partial charge in [-0.2, -0.15) is 5.26 Å². The lowest BCUT2D eigenvalue weighted by atomic mass is 9.91. The number of nitriles is 1. The number of fused-ring (bicyclic) bond motifs is 1. The molecule has 0 bridgehead atoms. The zero-order valence-corrected chi connectivity index (χ0v) is 36.4. The SMILES string of the molecule is C.CC(C)(C)CC#N.CC(C)(C)CN1CC(F)(F)C2CC21.CC(C)(C)CN1CCC(F)(F)C1.CC(C)(C)CN1CCCC1.CC(C)=CCC(C)(C)C. The van der Waals surface area contributed by atoms with Crippen molar-refractivity contribution in [2.75, 3.05) is 52.4 Å². The third-order valence-electron chi connectivity index (χ3n) is 8.43. The second-order valence-electron chi connectivity index (χ2n) is 22.0. The zero-order chi connectivity index (χ0) is 40.3. The Labute approximate surface area is 321 Å². The van der Waals surface area contributed by atoms with E-state index in [1.807, 2.05) is 9.80 Å². The molecule has 8 heteroatoms. The highest BCUT2D eigenvalue weighted by Gasteiger charge is 2.64. The summed E-state index contributed by atoms with van der Waals surface area (Å²) in [5.74, 6) is -5.17. The number of hydrogen-bond donors (Lipinski definition) is 0.